The first-order chi connectivity index (χ1) is 10.8. The third-order valence-electron chi connectivity index (χ3n) is 3.09. The quantitative estimate of drug-likeness (QED) is 0.674. The third-order valence-corrected chi connectivity index (χ3v) is 3.37. The zero-order chi connectivity index (χ0) is 17.4. The number of carbonyl (C=O) groups is 2. The number of carbonyl (C=O) groups excluding carboxylic acids is 2. The topological polar surface area (TPSA) is 90.7 Å². The van der Waals surface area contributed by atoms with Crippen LogP contribution in [0, 0.1) is 5.92 Å². The predicted molar refractivity (Wildman–Crippen MR) is 89.1 cm³/mol. The van der Waals surface area contributed by atoms with Gasteiger partial charge in [0.05, 0.1) is 12.1 Å². The van der Waals surface area contributed by atoms with Gasteiger partial charge in [-0.3, -0.25) is 9.59 Å². The number of methoxy groups -OCH3 is 1. The highest BCUT2D eigenvalue weighted by Gasteiger charge is 2.16. The average Bonchev–Trinajstić information content (AvgIpc) is 2.48. The number of halogens is 1. The fourth-order valence-corrected chi connectivity index (χ4v) is 2.21. The zero-order valence-corrected chi connectivity index (χ0v) is 14.4. The number of amides is 2. The minimum atomic E-state index is -0.630. The van der Waals surface area contributed by atoms with E-state index in [0.29, 0.717) is 18.0 Å². The van der Waals surface area contributed by atoms with Crippen LogP contribution < -0.4 is 20.5 Å². The van der Waals surface area contributed by atoms with Crippen LogP contribution in [0.3, 0.4) is 0 Å². The van der Waals surface area contributed by atoms with E-state index in [2.05, 4.69) is 19.2 Å². The molecule has 128 valence electrons. The fraction of sp³-hybridized carbons (Fsp3) is 0.500. The van der Waals surface area contributed by atoms with Crippen LogP contribution in [-0.2, 0) is 4.79 Å². The molecule has 0 aromatic heterocycles. The fourth-order valence-electron chi connectivity index (χ4n) is 1.95. The lowest BCUT2D eigenvalue weighted by Gasteiger charge is -2.13. The molecule has 0 fully saturated rings. The summed E-state index contributed by atoms with van der Waals surface area (Å²) in [4.78, 5) is 22.9. The van der Waals surface area contributed by atoms with Gasteiger partial charge in [0, 0.05) is 12.1 Å². The van der Waals surface area contributed by atoms with Crippen LogP contribution in [0.15, 0.2) is 12.1 Å². The van der Waals surface area contributed by atoms with E-state index in [-0.39, 0.29) is 29.0 Å². The van der Waals surface area contributed by atoms with Crippen LogP contribution in [0.5, 0.6) is 11.5 Å². The Labute approximate surface area is 141 Å². The van der Waals surface area contributed by atoms with Gasteiger partial charge in [0.15, 0.2) is 18.1 Å². The normalized spacial score (nSPS) is 10.5. The Morgan fingerprint density at radius 3 is 2.61 bits per heavy atom. The van der Waals surface area contributed by atoms with E-state index in [0.717, 1.165) is 12.8 Å². The predicted octanol–water partition coefficient (Wildman–Crippen LogP) is 2.38. The van der Waals surface area contributed by atoms with Crippen molar-refractivity contribution in [1.29, 1.82) is 0 Å². The van der Waals surface area contributed by atoms with Gasteiger partial charge in [0.2, 0.25) is 0 Å². The molecule has 0 radical (unpaired) electrons. The molecular formula is C16H23ClN2O4. The molecule has 0 saturated heterocycles. The highest BCUT2D eigenvalue weighted by molar-refractivity contribution is 6.32. The third kappa shape index (κ3) is 6.36. The SMILES string of the molecule is COc1cc(C(=O)NCCCC(C)C)cc(Cl)c1OCC(N)=O. The van der Waals surface area contributed by atoms with E-state index in [9.17, 15) is 9.59 Å². The maximum Gasteiger partial charge on any atom is 0.255 e. The molecule has 0 unspecified atom stereocenters. The van der Waals surface area contributed by atoms with Gasteiger partial charge in [-0.2, -0.15) is 0 Å². The monoisotopic (exact) mass is 342 g/mol. The maximum absolute atomic E-state index is 12.1. The first kappa shape index (κ1) is 19.1. The van der Waals surface area contributed by atoms with Gasteiger partial charge in [0.25, 0.3) is 11.8 Å². The summed E-state index contributed by atoms with van der Waals surface area (Å²) in [6.45, 7) is 4.54. The first-order valence-corrected chi connectivity index (χ1v) is 7.79. The van der Waals surface area contributed by atoms with Crippen molar-refractivity contribution in [1.82, 2.24) is 5.32 Å². The second kappa shape index (κ2) is 9.25. The van der Waals surface area contributed by atoms with Crippen LogP contribution in [0.1, 0.15) is 37.0 Å². The molecule has 0 aliphatic rings. The van der Waals surface area contributed by atoms with E-state index in [1.165, 1.54) is 19.2 Å². The standard InChI is InChI=1S/C16H23ClN2O4/c1-10(2)5-4-6-19-16(21)11-7-12(17)15(13(8-11)22-3)23-9-14(18)20/h7-8,10H,4-6,9H2,1-3H3,(H2,18,20)(H,19,21). The molecule has 0 heterocycles. The van der Waals surface area contributed by atoms with Crippen LogP contribution in [0.4, 0.5) is 0 Å². The number of benzene rings is 1. The zero-order valence-electron chi connectivity index (χ0n) is 13.6. The summed E-state index contributed by atoms with van der Waals surface area (Å²) < 4.78 is 10.4. The lowest BCUT2D eigenvalue weighted by Crippen LogP contribution is -2.25. The molecule has 6 nitrogen and oxygen atoms in total. The Hall–Kier alpha value is -1.95. The van der Waals surface area contributed by atoms with Crippen molar-refractivity contribution < 1.29 is 19.1 Å². The smallest absolute Gasteiger partial charge is 0.255 e. The summed E-state index contributed by atoms with van der Waals surface area (Å²) in [5, 5.41) is 3.01. The molecule has 0 spiro atoms. The molecule has 0 saturated carbocycles. The summed E-state index contributed by atoms with van der Waals surface area (Å²) in [5.74, 6) is 0.184. The van der Waals surface area contributed by atoms with Gasteiger partial charge >= 0.3 is 0 Å². The van der Waals surface area contributed by atoms with Crippen molar-refractivity contribution in [2.75, 3.05) is 20.3 Å². The lowest BCUT2D eigenvalue weighted by atomic mass is 10.1. The molecule has 1 aromatic rings. The van der Waals surface area contributed by atoms with E-state index in [1.807, 2.05) is 0 Å². The van der Waals surface area contributed by atoms with Gasteiger partial charge in [-0.25, -0.2) is 0 Å². The highest BCUT2D eigenvalue weighted by Crippen LogP contribution is 2.36. The number of hydrogen-bond donors (Lipinski definition) is 2. The summed E-state index contributed by atoms with van der Waals surface area (Å²) >= 11 is 6.11. The van der Waals surface area contributed by atoms with Crippen LogP contribution in [-0.4, -0.2) is 32.1 Å². The molecular weight excluding hydrogens is 320 g/mol. The number of nitrogens with one attached hydrogen (secondary N) is 1. The first-order valence-electron chi connectivity index (χ1n) is 7.42. The van der Waals surface area contributed by atoms with Crippen molar-refractivity contribution in [2.45, 2.75) is 26.7 Å². The Kier molecular flexibility index (Phi) is 7.68. The number of ether oxygens (including phenoxy) is 2. The van der Waals surface area contributed by atoms with Gasteiger partial charge < -0.3 is 20.5 Å². The molecule has 0 aliphatic heterocycles. The minimum Gasteiger partial charge on any atom is -0.493 e. The van der Waals surface area contributed by atoms with Crippen LogP contribution in [0.2, 0.25) is 5.02 Å². The lowest BCUT2D eigenvalue weighted by molar-refractivity contribution is -0.119. The average molecular weight is 343 g/mol. The summed E-state index contributed by atoms with van der Waals surface area (Å²) in [7, 11) is 1.42. The summed E-state index contributed by atoms with van der Waals surface area (Å²) in [6.07, 6.45) is 1.96. The molecule has 1 aromatic carbocycles. The molecule has 0 aliphatic carbocycles. The van der Waals surface area contributed by atoms with Crippen molar-refractivity contribution in [3.05, 3.63) is 22.7 Å². The number of rotatable bonds is 9. The molecule has 7 heteroatoms. The van der Waals surface area contributed by atoms with Gasteiger partial charge in [-0.05, 0) is 30.9 Å². The van der Waals surface area contributed by atoms with E-state index in [1.54, 1.807) is 0 Å². The van der Waals surface area contributed by atoms with Crippen molar-refractivity contribution in [3.8, 4) is 11.5 Å². The van der Waals surface area contributed by atoms with E-state index in [4.69, 9.17) is 26.8 Å². The van der Waals surface area contributed by atoms with Crippen LogP contribution >= 0.6 is 11.6 Å². The molecule has 0 atom stereocenters. The number of primary amides is 1. The largest absolute Gasteiger partial charge is 0.493 e. The molecule has 3 N–H and O–H groups in total. The number of hydrogen-bond acceptors (Lipinski definition) is 4. The Bertz CT molecular complexity index is 561. The number of nitrogens with two attached hydrogens (primary N) is 1. The Morgan fingerprint density at radius 1 is 1.35 bits per heavy atom. The summed E-state index contributed by atoms with van der Waals surface area (Å²) in [5.41, 5.74) is 5.40. The van der Waals surface area contributed by atoms with Crippen molar-refractivity contribution >= 4 is 23.4 Å². The van der Waals surface area contributed by atoms with Gasteiger partial charge in [-0.1, -0.05) is 25.4 Å². The van der Waals surface area contributed by atoms with Crippen molar-refractivity contribution in [2.24, 2.45) is 11.7 Å². The molecule has 0 bridgehead atoms. The second-order valence-corrected chi connectivity index (χ2v) is 5.94. The molecule has 2 amide bonds. The highest BCUT2D eigenvalue weighted by atomic mass is 35.5. The Balaban J connectivity index is 2.78. The second-order valence-electron chi connectivity index (χ2n) is 5.54. The van der Waals surface area contributed by atoms with E-state index >= 15 is 0 Å². The maximum atomic E-state index is 12.1. The van der Waals surface area contributed by atoms with Gasteiger partial charge in [-0.15, -0.1) is 0 Å². The van der Waals surface area contributed by atoms with Crippen molar-refractivity contribution in [3.63, 3.8) is 0 Å². The molecule has 23 heavy (non-hydrogen) atoms. The Morgan fingerprint density at radius 2 is 2.04 bits per heavy atom. The van der Waals surface area contributed by atoms with E-state index < -0.39 is 5.91 Å². The van der Waals surface area contributed by atoms with Gasteiger partial charge in [0.1, 0.15) is 0 Å². The van der Waals surface area contributed by atoms with Crippen LogP contribution in [0.25, 0.3) is 0 Å². The summed E-state index contributed by atoms with van der Waals surface area (Å²) in [6, 6.07) is 2.98. The molecule has 1 rings (SSSR count). The minimum absolute atomic E-state index is 0.179.